The Morgan fingerprint density at radius 2 is 2.11 bits per heavy atom. The molecule has 98 valence electrons. The summed E-state index contributed by atoms with van der Waals surface area (Å²) in [7, 11) is 0. The molecular formula is C14H18BrFN2. The Morgan fingerprint density at radius 3 is 2.72 bits per heavy atom. The topological polar surface area (TPSA) is 29.3 Å². The Morgan fingerprint density at radius 1 is 1.33 bits per heavy atom. The highest BCUT2D eigenvalue weighted by atomic mass is 79.9. The molecule has 2 atom stereocenters. The lowest BCUT2D eigenvalue weighted by Crippen LogP contribution is -2.30. The Hall–Kier alpha value is -0.450. The van der Waals surface area contributed by atoms with Gasteiger partial charge in [-0.2, -0.15) is 0 Å². The van der Waals surface area contributed by atoms with Gasteiger partial charge >= 0.3 is 0 Å². The molecular weight excluding hydrogens is 295 g/mol. The van der Waals surface area contributed by atoms with Crippen LogP contribution < -0.4 is 5.73 Å². The maximum atomic E-state index is 13.7. The van der Waals surface area contributed by atoms with E-state index in [4.69, 9.17) is 5.73 Å². The van der Waals surface area contributed by atoms with E-state index in [2.05, 4.69) is 20.8 Å². The second kappa shape index (κ2) is 4.91. The molecule has 2 unspecified atom stereocenters. The summed E-state index contributed by atoms with van der Waals surface area (Å²) in [5.41, 5.74) is 6.96. The van der Waals surface area contributed by atoms with Crippen LogP contribution in [0.2, 0.25) is 0 Å². The summed E-state index contributed by atoms with van der Waals surface area (Å²) in [6.45, 7) is 1.79. The first-order valence-electron chi connectivity index (χ1n) is 6.61. The van der Waals surface area contributed by atoms with E-state index < -0.39 is 0 Å². The average molecular weight is 313 g/mol. The zero-order valence-corrected chi connectivity index (χ0v) is 11.9. The predicted molar refractivity (Wildman–Crippen MR) is 73.7 cm³/mol. The van der Waals surface area contributed by atoms with Gasteiger partial charge in [-0.25, -0.2) is 4.39 Å². The molecule has 2 N–H and O–H groups in total. The summed E-state index contributed by atoms with van der Waals surface area (Å²) in [4.78, 5) is 2.53. The maximum absolute atomic E-state index is 13.7. The smallest absolute Gasteiger partial charge is 0.137 e. The number of rotatable bonds is 3. The SMILES string of the molecule is NCC1CCN(C2CC2)C1c1ccc(Br)c(F)c1. The van der Waals surface area contributed by atoms with E-state index in [1.165, 1.54) is 12.8 Å². The molecule has 2 aliphatic rings. The summed E-state index contributed by atoms with van der Waals surface area (Å²) < 4.78 is 14.2. The minimum atomic E-state index is -0.175. The van der Waals surface area contributed by atoms with E-state index in [-0.39, 0.29) is 5.82 Å². The highest BCUT2D eigenvalue weighted by molar-refractivity contribution is 9.10. The highest BCUT2D eigenvalue weighted by Crippen LogP contribution is 2.44. The van der Waals surface area contributed by atoms with Gasteiger partial charge in [-0.3, -0.25) is 4.90 Å². The molecule has 0 amide bonds. The van der Waals surface area contributed by atoms with Gasteiger partial charge in [0.05, 0.1) is 4.47 Å². The molecule has 1 aliphatic carbocycles. The molecule has 3 rings (SSSR count). The minimum Gasteiger partial charge on any atom is -0.330 e. The normalized spacial score (nSPS) is 28.8. The van der Waals surface area contributed by atoms with Gasteiger partial charge in [0.15, 0.2) is 0 Å². The van der Waals surface area contributed by atoms with Crippen molar-refractivity contribution < 1.29 is 4.39 Å². The number of halogens is 2. The highest BCUT2D eigenvalue weighted by Gasteiger charge is 2.42. The second-order valence-corrected chi connectivity index (χ2v) is 6.23. The van der Waals surface area contributed by atoms with Crippen molar-refractivity contribution in [2.24, 2.45) is 11.7 Å². The van der Waals surface area contributed by atoms with Crippen LogP contribution in [-0.2, 0) is 0 Å². The van der Waals surface area contributed by atoms with Crippen LogP contribution in [0.5, 0.6) is 0 Å². The molecule has 0 spiro atoms. The van der Waals surface area contributed by atoms with Gasteiger partial charge in [0.2, 0.25) is 0 Å². The van der Waals surface area contributed by atoms with Crippen LogP contribution in [0.25, 0.3) is 0 Å². The third-order valence-corrected chi connectivity index (χ3v) is 4.81. The molecule has 0 radical (unpaired) electrons. The van der Waals surface area contributed by atoms with Gasteiger partial charge in [-0.1, -0.05) is 6.07 Å². The summed E-state index contributed by atoms with van der Waals surface area (Å²) in [6, 6.07) is 6.52. The van der Waals surface area contributed by atoms with Crippen LogP contribution in [0.1, 0.15) is 30.9 Å². The van der Waals surface area contributed by atoms with Crippen LogP contribution in [0.15, 0.2) is 22.7 Å². The summed E-state index contributed by atoms with van der Waals surface area (Å²) in [5.74, 6) is 0.289. The van der Waals surface area contributed by atoms with Gasteiger partial charge < -0.3 is 5.73 Å². The average Bonchev–Trinajstić information content (AvgIpc) is 3.12. The van der Waals surface area contributed by atoms with E-state index in [0.29, 0.717) is 29.0 Å². The van der Waals surface area contributed by atoms with Gasteiger partial charge in [0.1, 0.15) is 5.82 Å². The third-order valence-electron chi connectivity index (χ3n) is 4.17. The molecule has 1 aromatic rings. The minimum absolute atomic E-state index is 0.175. The number of hydrogen-bond donors (Lipinski definition) is 1. The lowest BCUT2D eigenvalue weighted by molar-refractivity contribution is 0.220. The van der Waals surface area contributed by atoms with E-state index in [1.54, 1.807) is 6.07 Å². The van der Waals surface area contributed by atoms with E-state index in [9.17, 15) is 4.39 Å². The van der Waals surface area contributed by atoms with Crippen LogP contribution in [0.3, 0.4) is 0 Å². The van der Waals surface area contributed by atoms with Gasteiger partial charge in [-0.15, -0.1) is 0 Å². The van der Waals surface area contributed by atoms with Crippen molar-refractivity contribution in [2.75, 3.05) is 13.1 Å². The van der Waals surface area contributed by atoms with Crippen molar-refractivity contribution in [3.8, 4) is 0 Å². The molecule has 1 aromatic carbocycles. The van der Waals surface area contributed by atoms with Crippen molar-refractivity contribution in [1.29, 1.82) is 0 Å². The molecule has 2 nitrogen and oxygen atoms in total. The predicted octanol–water partition coefficient (Wildman–Crippen LogP) is 3.07. The lowest BCUT2D eigenvalue weighted by atomic mass is 9.93. The van der Waals surface area contributed by atoms with E-state index in [1.807, 2.05) is 12.1 Å². The number of hydrogen-bond acceptors (Lipinski definition) is 2. The fourth-order valence-corrected chi connectivity index (χ4v) is 3.35. The number of nitrogens with two attached hydrogens (primary N) is 1. The number of likely N-dealkylation sites (tertiary alicyclic amines) is 1. The van der Waals surface area contributed by atoms with Crippen molar-refractivity contribution in [2.45, 2.75) is 31.3 Å². The number of nitrogens with zero attached hydrogens (tertiary/aromatic N) is 1. The lowest BCUT2D eigenvalue weighted by Gasteiger charge is -2.28. The van der Waals surface area contributed by atoms with E-state index in [0.717, 1.165) is 18.5 Å². The zero-order valence-electron chi connectivity index (χ0n) is 10.3. The van der Waals surface area contributed by atoms with Gasteiger partial charge in [0, 0.05) is 12.1 Å². The van der Waals surface area contributed by atoms with Gasteiger partial charge in [-0.05, 0) is 71.9 Å². The Kier molecular flexibility index (Phi) is 3.43. The standard InChI is InChI=1S/C14H18BrFN2/c15-12-4-1-9(7-13(12)16)14-10(8-17)5-6-18(14)11-2-3-11/h1,4,7,10-11,14H,2-3,5-6,8,17H2. The largest absolute Gasteiger partial charge is 0.330 e. The zero-order chi connectivity index (χ0) is 12.7. The molecule has 0 bridgehead atoms. The summed E-state index contributed by atoms with van der Waals surface area (Å²) in [5, 5.41) is 0. The third kappa shape index (κ3) is 2.22. The van der Waals surface area contributed by atoms with Crippen molar-refractivity contribution in [3.05, 3.63) is 34.1 Å². The number of benzene rings is 1. The Labute approximate surface area is 115 Å². The molecule has 2 fully saturated rings. The monoisotopic (exact) mass is 312 g/mol. The molecule has 0 aromatic heterocycles. The van der Waals surface area contributed by atoms with Crippen molar-refractivity contribution in [3.63, 3.8) is 0 Å². The maximum Gasteiger partial charge on any atom is 0.137 e. The van der Waals surface area contributed by atoms with Crippen molar-refractivity contribution >= 4 is 15.9 Å². The Bertz CT molecular complexity index is 447. The molecule has 18 heavy (non-hydrogen) atoms. The van der Waals surface area contributed by atoms with Crippen LogP contribution >= 0.6 is 15.9 Å². The summed E-state index contributed by atoms with van der Waals surface area (Å²) >= 11 is 3.21. The first kappa shape index (κ1) is 12.6. The van der Waals surface area contributed by atoms with E-state index >= 15 is 0 Å². The van der Waals surface area contributed by atoms with Crippen molar-refractivity contribution in [1.82, 2.24) is 4.90 Å². The van der Waals surface area contributed by atoms with Crippen LogP contribution in [0, 0.1) is 11.7 Å². The molecule has 1 saturated carbocycles. The molecule has 1 aliphatic heterocycles. The van der Waals surface area contributed by atoms with Crippen LogP contribution in [0.4, 0.5) is 4.39 Å². The fraction of sp³-hybridized carbons (Fsp3) is 0.571. The first-order chi connectivity index (χ1) is 8.70. The molecule has 1 heterocycles. The quantitative estimate of drug-likeness (QED) is 0.929. The summed E-state index contributed by atoms with van der Waals surface area (Å²) in [6.07, 6.45) is 3.70. The molecule has 4 heteroatoms. The van der Waals surface area contributed by atoms with Gasteiger partial charge in [0.25, 0.3) is 0 Å². The van der Waals surface area contributed by atoms with Crippen LogP contribution in [-0.4, -0.2) is 24.0 Å². The Balaban J connectivity index is 1.92. The first-order valence-corrected chi connectivity index (χ1v) is 7.40. The fourth-order valence-electron chi connectivity index (χ4n) is 3.11. The molecule has 1 saturated heterocycles. The second-order valence-electron chi connectivity index (χ2n) is 5.37.